The highest BCUT2D eigenvalue weighted by Crippen LogP contribution is 2.17. The standard InChI is InChI=1S/C11H15F3N2O4S/c1-7-9(8(2)20-16-7)6-21(18,19)5-3-4-15-10(17)11(12,13)14/h3-6H2,1-2H3,(H,15,17). The fraction of sp³-hybridized carbons (Fsp3) is 0.636. The number of halogens is 3. The van der Waals surface area contributed by atoms with Crippen molar-refractivity contribution in [1.29, 1.82) is 0 Å². The Labute approximate surface area is 119 Å². The van der Waals surface area contributed by atoms with E-state index in [-0.39, 0.29) is 24.5 Å². The van der Waals surface area contributed by atoms with Crippen LogP contribution in [0.4, 0.5) is 13.2 Å². The molecule has 21 heavy (non-hydrogen) atoms. The van der Waals surface area contributed by atoms with E-state index in [0.29, 0.717) is 17.0 Å². The lowest BCUT2D eigenvalue weighted by Crippen LogP contribution is -2.37. The second kappa shape index (κ2) is 6.46. The van der Waals surface area contributed by atoms with Gasteiger partial charge >= 0.3 is 12.1 Å². The molecule has 0 spiro atoms. The molecular weight excluding hydrogens is 313 g/mol. The van der Waals surface area contributed by atoms with E-state index in [2.05, 4.69) is 5.16 Å². The zero-order valence-corrected chi connectivity index (χ0v) is 12.3. The first-order chi connectivity index (χ1) is 9.53. The molecule has 6 nitrogen and oxygen atoms in total. The summed E-state index contributed by atoms with van der Waals surface area (Å²) in [5, 5.41) is 5.24. The first-order valence-corrected chi connectivity index (χ1v) is 7.82. The van der Waals surface area contributed by atoms with E-state index in [4.69, 9.17) is 4.52 Å². The van der Waals surface area contributed by atoms with Crippen molar-refractivity contribution in [3.05, 3.63) is 17.0 Å². The number of carbonyl (C=O) groups is 1. The summed E-state index contributed by atoms with van der Waals surface area (Å²) in [5.74, 6) is -2.32. The SMILES string of the molecule is Cc1noc(C)c1CS(=O)(=O)CCCNC(=O)C(F)(F)F. The zero-order valence-electron chi connectivity index (χ0n) is 11.5. The van der Waals surface area contributed by atoms with Crippen LogP contribution in [0.1, 0.15) is 23.4 Å². The normalized spacial score (nSPS) is 12.4. The van der Waals surface area contributed by atoms with Crippen LogP contribution in [0.2, 0.25) is 0 Å². The number of hydrogen-bond acceptors (Lipinski definition) is 5. The maximum atomic E-state index is 11.9. The fourth-order valence-electron chi connectivity index (χ4n) is 1.59. The summed E-state index contributed by atoms with van der Waals surface area (Å²) < 4.78 is 64.2. The van der Waals surface area contributed by atoms with Crippen molar-refractivity contribution in [2.75, 3.05) is 12.3 Å². The number of carbonyl (C=O) groups excluding carboxylic acids is 1. The molecule has 1 aromatic rings. The Morgan fingerprint density at radius 2 is 1.95 bits per heavy atom. The molecule has 0 atom stereocenters. The van der Waals surface area contributed by atoms with Gasteiger partial charge in [-0.3, -0.25) is 4.79 Å². The average molecular weight is 328 g/mol. The second-order valence-corrected chi connectivity index (χ2v) is 6.69. The molecule has 0 aliphatic carbocycles. The molecule has 0 saturated heterocycles. The van der Waals surface area contributed by atoms with Crippen LogP contribution in [-0.4, -0.2) is 38.0 Å². The van der Waals surface area contributed by atoms with Crippen LogP contribution in [0, 0.1) is 13.8 Å². The van der Waals surface area contributed by atoms with E-state index in [1.54, 1.807) is 19.2 Å². The lowest BCUT2D eigenvalue weighted by atomic mass is 10.2. The zero-order chi connectivity index (χ0) is 16.3. The van der Waals surface area contributed by atoms with E-state index >= 15 is 0 Å². The molecule has 0 bridgehead atoms. The smallest absolute Gasteiger partial charge is 0.361 e. The van der Waals surface area contributed by atoms with Gasteiger partial charge in [0.2, 0.25) is 0 Å². The van der Waals surface area contributed by atoms with Crippen LogP contribution in [0.15, 0.2) is 4.52 Å². The molecule has 1 amide bonds. The van der Waals surface area contributed by atoms with E-state index < -0.39 is 21.9 Å². The van der Waals surface area contributed by atoms with Crippen molar-refractivity contribution >= 4 is 15.7 Å². The van der Waals surface area contributed by atoms with Crippen LogP contribution >= 0.6 is 0 Å². The van der Waals surface area contributed by atoms with Crippen LogP contribution in [0.25, 0.3) is 0 Å². The molecule has 0 unspecified atom stereocenters. The molecular formula is C11H15F3N2O4S. The molecule has 0 radical (unpaired) electrons. The lowest BCUT2D eigenvalue weighted by molar-refractivity contribution is -0.173. The Kier molecular flexibility index (Phi) is 5.37. The highest BCUT2D eigenvalue weighted by Gasteiger charge is 2.38. The summed E-state index contributed by atoms with van der Waals surface area (Å²) in [6.45, 7) is 2.82. The van der Waals surface area contributed by atoms with Crippen LogP contribution in [0.3, 0.4) is 0 Å². The van der Waals surface area contributed by atoms with Crippen molar-refractivity contribution in [2.24, 2.45) is 0 Å². The van der Waals surface area contributed by atoms with E-state index in [0.717, 1.165) is 0 Å². The number of rotatable bonds is 6. The quantitative estimate of drug-likeness (QED) is 0.795. The van der Waals surface area contributed by atoms with Gasteiger partial charge < -0.3 is 9.84 Å². The first-order valence-electron chi connectivity index (χ1n) is 6.00. The van der Waals surface area contributed by atoms with Gasteiger partial charge in [-0.2, -0.15) is 13.2 Å². The first kappa shape index (κ1) is 17.5. The van der Waals surface area contributed by atoms with Gasteiger partial charge in [-0.05, 0) is 20.3 Å². The molecule has 0 saturated carbocycles. The molecule has 1 N–H and O–H groups in total. The highest BCUT2D eigenvalue weighted by molar-refractivity contribution is 7.90. The molecule has 0 aromatic carbocycles. The number of sulfone groups is 1. The number of hydrogen-bond donors (Lipinski definition) is 1. The van der Waals surface area contributed by atoms with Gasteiger partial charge in [0.15, 0.2) is 9.84 Å². The van der Waals surface area contributed by atoms with Crippen LogP contribution in [-0.2, 0) is 20.4 Å². The molecule has 10 heteroatoms. The minimum atomic E-state index is -4.96. The minimum absolute atomic E-state index is 0.104. The molecule has 120 valence electrons. The number of aryl methyl sites for hydroxylation is 2. The number of nitrogens with one attached hydrogen (secondary N) is 1. The minimum Gasteiger partial charge on any atom is -0.361 e. The molecule has 1 aromatic heterocycles. The summed E-state index contributed by atoms with van der Waals surface area (Å²) in [6.07, 6.45) is -5.07. The Bertz CT molecular complexity index is 588. The molecule has 0 aliphatic rings. The Morgan fingerprint density at radius 3 is 2.43 bits per heavy atom. The van der Waals surface area contributed by atoms with Gasteiger partial charge in [-0.25, -0.2) is 8.42 Å². The summed E-state index contributed by atoms with van der Waals surface area (Å²) in [5.41, 5.74) is 0.913. The van der Waals surface area contributed by atoms with Gasteiger partial charge in [-0.1, -0.05) is 5.16 Å². The van der Waals surface area contributed by atoms with Gasteiger partial charge in [0.1, 0.15) is 5.76 Å². The maximum absolute atomic E-state index is 11.9. The molecule has 0 aliphatic heterocycles. The van der Waals surface area contributed by atoms with E-state index in [9.17, 15) is 26.4 Å². The third kappa shape index (κ3) is 5.37. The van der Waals surface area contributed by atoms with Crippen molar-refractivity contribution in [3.63, 3.8) is 0 Å². The van der Waals surface area contributed by atoms with Gasteiger partial charge in [0, 0.05) is 12.1 Å². The van der Waals surface area contributed by atoms with Crippen LogP contribution < -0.4 is 5.32 Å². The molecule has 1 rings (SSSR count). The third-order valence-electron chi connectivity index (χ3n) is 2.72. The van der Waals surface area contributed by atoms with Gasteiger partial charge in [0.25, 0.3) is 0 Å². The second-order valence-electron chi connectivity index (χ2n) is 4.50. The van der Waals surface area contributed by atoms with E-state index in [1.807, 2.05) is 0 Å². The number of aromatic nitrogens is 1. The Morgan fingerprint density at radius 1 is 1.33 bits per heavy atom. The monoisotopic (exact) mass is 328 g/mol. The topological polar surface area (TPSA) is 89.3 Å². The van der Waals surface area contributed by atoms with Gasteiger partial charge in [0.05, 0.1) is 17.2 Å². The summed E-state index contributed by atoms with van der Waals surface area (Å²) in [6, 6.07) is 0. The predicted octanol–water partition coefficient (Wildman–Crippen LogP) is 1.27. The largest absolute Gasteiger partial charge is 0.471 e. The predicted molar refractivity (Wildman–Crippen MR) is 67.1 cm³/mol. The van der Waals surface area contributed by atoms with E-state index in [1.165, 1.54) is 0 Å². The molecule has 1 heterocycles. The highest BCUT2D eigenvalue weighted by atomic mass is 32.2. The van der Waals surface area contributed by atoms with Crippen LogP contribution in [0.5, 0.6) is 0 Å². The summed E-state index contributed by atoms with van der Waals surface area (Å²) >= 11 is 0. The third-order valence-corrected chi connectivity index (χ3v) is 4.36. The number of nitrogens with zero attached hydrogens (tertiary/aromatic N) is 1. The number of amides is 1. The molecule has 0 fully saturated rings. The summed E-state index contributed by atoms with van der Waals surface area (Å²) in [7, 11) is -3.52. The number of alkyl halides is 3. The van der Waals surface area contributed by atoms with Crippen molar-refractivity contribution < 1.29 is 30.9 Å². The van der Waals surface area contributed by atoms with Crippen molar-refractivity contribution in [3.8, 4) is 0 Å². The van der Waals surface area contributed by atoms with Crippen molar-refractivity contribution in [2.45, 2.75) is 32.2 Å². The van der Waals surface area contributed by atoms with Crippen molar-refractivity contribution in [1.82, 2.24) is 10.5 Å². The fourth-order valence-corrected chi connectivity index (χ4v) is 3.17. The Hall–Kier alpha value is -1.58. The average Bonchev–Trinajstić information content (AvgIpc) is 2.64. The maximum Gasteiger partial charge on any atom is 0.471 e. The summed E-state index contributed by atoms with van der Waals surface area (Å²) in [4.78, 5) is 10.5. The lowest BCUT2D eigenvalue weighted by Gasteiger charge is -2.08. The van der Waals surface area contributed by atoms with Gasteiger partial charge in [-0.15, -0.1) is 0 Å². The Balaban J connectivity index is 2.46.